The van der Waals surface area contributed by atoms with Crippen molar-refractivity contribution in [1.82, 2.24) is 9.55 Å². The third kappa shape index (κ3) is 2.19. The van der Waals surface area contributed by atoms with Gasteiger partial charge in [0.15, 0.2) is 0 Å². The first-order valence-electron chi connectivity index (χ1n) is 5.71. The van der Waals surface area contributed by atoms with Gasteiger partial charge in [0.25, 0.3) is 5.56 Å². The van der Waals surface area contributed by atoms with Crippen LogP contribution in [0.25, 0.3) is 10.2 Å². The van der Waals surface area contributed by atoms with E-state index in [0.717, 1.165) is 16.9 Å². The second-order valence-electron chi connectivity index (χ2n) is 4.55. The van der Waals surface area contributed by atoms with E-state index in [1.807, 2.05) is 6.92 Å². The Kier molecular flexibility index (Phi) is 3.28. The topological polar surface area (TPSA) is 72.2 Å². The summed E-state index contributed by atoms with van der Waals surface area (Å²) in [6.45, 7) is 9.40. The zero-order chi connectivity index (χ0) is 14.3. The second-order valence-corrected chi connectivity index (χ2v) is 5.55. The van der Waals surface area contributed by atoms with Gasteiger partial charge in [-0.3, -0.25) is 9.36 Å². The number of carboxylic acid groups (broad SMARTS) is 1. The molecule has 0 aromatic carbocycles. The van der Waals surface area contributed by atoms with Crippen LogP contribution >= 0.6 is 11.3 Å². The molecule has 2 aromatic rings. The summed E-state index contributed by atoms with van der Waals surface area (Å²) in [6, 6.07) is 0. The molecule has 0 saturated heterocycles. The van der Waals surface area contributed by atoms with Gasteiger partial charge in [0.2, 0.25) is 0 Å². The first kappa shape index (κ1) is 13.5. The Labute approximate surface area is 113 Å². The SMILES string of the molecule is C=C(C)Cn1c(C)nc2sc(C(=O)O)c(C)c2c1=O. The first-order chi connectivity index (χ1) is 8.82. The monoisotopic (exact) mass is 278 g/mol. The summed E-state index contributed by atoms with van der Waals surface area (Å²) in [4.78, 5) is 28.5. The normalized spacial score (nSPS) is 10.9. The molecule has 0 unspecified atom stereocenters. The van der Waals surface area contributed by atoms with E-state index in [0.29, 0.717) is 28.1 Å². The van der Waals surface area contributed by atoms with E-state index < -0.39 is 5.97 Å². The summed E-state index contributed by atoms with van der Waals surface area (Å²) in [7, 11) is 0. The van der Waals surface area contributed by atoms with Crippen LogP contribution in [0.5, 0.6) is 0 Å². The summed E-state index contributed by atoms with van der Waals surface area (Å²) in [5.74, 6) is -0.456. The number of thiophene rings is 1. The fourth-order valence-electron chi connectivity index (χ4n) is 1.98. The number of allylic oxidation sites excluding steroid dienone is 1. The maximum Gasteiger partial charge on any atom is 0.346 e. The van der Waals surface area contributed by atoms with Gasteiger partial charge in [0, 0.05) is 6.54 Å². The van der Waals surface area contributed by atoms with Gasteiger partial charge >= 0.3 is 5.97 Å². The molecule has 0 aliphatic heterocycles. The molecule has 0 aliphatic carbocycles. The molecule has 1 N–H and O–H groups in total. The lowest BCUT2D eigenvalue weighted by Gasteiger charge is -2.08. The highest BCUT2D eigenvalue weighted by Gasteiger charge is 2.19. The van der Waals surface area contributed by atoms with Gasteiger partial charge in [-0.05, 0) is 26.3 Å². The van der Waals surface area contributed by atoms with Crippen molar-refractivity contribution in [2.45, 2.75) is 27.3 Å². The van der Waals surface area contributed by atoms with Gasteiger partial charge < -0.3 is 5.11 Å². The average Bonchev–Trinajstić information content (AvgIpc) is 2.61. The number of carbonyl (C=O) groups is 1. The Morgan fingerprint density at radius 2 is 2.11 bits per heavy atom. The summed E-state index contributed by atoms with van der Waals surface area (Å²) in [6.07, 6.45) is 0. The zero-order valence-electron chi connectivity index (χ0n) is 11.0. The molecule has 6 heteroatoms. The van der Waals surface area contributed by atoms with Gasteiger partial charge in [0.05, 0.1) is 5.39 Å². The minimum Gasteiger partial charge on any atom is -0.477 e. The molecule has 5 nitrogen and oxygen atoms in total. The molecule has 100 valence electrons. The van der Waals surface area contributed by atoms with E-state index in [2.05, 4.69) is 11.6 Å². The van der Waals surface area contributed by atoms with Crippen LogP contribution in [0.3, 0.4) is 0 Å². The van der Waals surface area contributed by atoms with Gasteiger partial charge in [-0.15, -0.1) is 11.3 Å². The highest BCUT2D eigenvalue weighted by atomic mass is 32.1. The molecule has 19 heavy (non-hydrogen) atoms. The van der Waals surface area contributed by atoms with E-state index in [1.54, 1.807) is 13.8 Å². The molecule has 2 aromatic heterocycles. The number of aromatic carboxylic acids is 1. The van der Waals surface area contributed by atoms with Crippen LogP contribution < -0.4 is 5.56 Å². The second kappa shape index (κ2) is 4.62. The number of nitrogens with zero attached hydrogens (tertiary/aromatic N) is 2. The van der Waals surface area contributed by atoms with Crippen molar-refractivity contribution < 1.29 is 9.90 Å². The standard InChI is InChI=1S/C13H14N2O3S/c1-6(2)5-15-8(4)14-11-9(12(15)16)7(3)10(19-11)13(17)18/h1,5H2,2-4H3,(H,17,18). The Balaban J connectivity index is 2.83. The van der Waals surface area contributed by atoms with Crippen molar-refractivity contribution in [2.24, 2.45) is 0 Å². The fraction of sp³-hybridized carbons (Fsp3) is 0.308. The van der Waals surface area contributed by atoms with Crippen LogP contribution in [-0.4, -0.2) is 20.6 Å². The number of carboxylic acids is 1. The number of hydrogen-bond donors (Lipinski definition) is 1. The van der Waals surface area contributed by atoms with Gasteiger partial charge in [-0.25, -0.2) is 9.78 Å². The average molecular weight is 278 g/mol. The van der Waals surface area contributed by atoms with Crippen molar-refractivity contribution in [3.63, 3.8) is 0 Å². The Hall–Kier alpha value is -1.95. The van der Waals surface area contributed by atoms with Crippen molar-refractivity contribution in [3.05, 3.63) is 38.8 Å². The van der Waals surface area contributed by atoms with Crippen molar-refractivity contribution in [3.8, 4) is 0 Å². The molecular weight excluding hydrogens is 264 g/mol. The summed E-state index contributed by atoms with van der Waals surface area (Å²) < 4.78 is 1.52. The fourth-order valence-corrected chi connectivity index (χ4v) is 3.03. The lowest BCUT2D eigenvalue weighted by atomic mass is 10.2. The predicted octanol–water partition coefficient (Wildman–Crippen LogP) is 2.35. The highest BCUT2D eigenvalue weighted by molar-refractivity contribution is 7.20. The number of fused-ring (bicyclic) bond motifs is 1. The van der Waals surface area contributed by atoms with Crippen molar-refractivity contribution in [2.75, 3.05) is 0 Å². The molecule has 2 heterocycles. The maximum absolute atomic E-state index is 12.4. The lowest BCUT2D eigenvalue weighted by Crippen LogP contribution is -2.24. The van der Waals surface area contributed by atoms with Crippen LogP contribution in [0.2, 0.25) is 0 Å². The molecule has 0 atom stereocenters. The van der Waals surface area contributed by atoms with E-state index in [1.165, 1.54) is 4.57 Å². The molecule has 0 spiro atoms. The van der Waals surface area contributed by atoms with E-state index in [4.69, 9.17) is 5.11 Å². The Morgan fingerprint density at radius 1 is 1.47 bits per heavy atom. The minimum atomic E-state index is -1.02. The third-order valence-electron chi connectivity index (χ3n) is 2.86. The lowest BCUT2D eigenvalue weighted by molar-refractivity contribution is 0.0701. The summed E-state index contributed by atoms with van der Waals surface area (Å²) >= 11 is 1.04. The molecule has 2 rings (SSSR count). The van der Waals surface area contributed by atoms with Gasteiger partial charge in [-0.1, -0.05) is 12.2 Å². The van der Waals surface area contributed by atoms with Crippen LogP contribution in [0, 0.1) is 13.8 Å². The first-order valence-corrected chi connectivity index (χ1v) is 6.52. The number of aromatic nitrogens is 2. The maximum atomic E-state index is 12.4. The van der Waals surface area contributed by atoms with Crippen molar-refractivity contribution >= 4 is 27.5 Å². The third-order valence-corrected chi connectivity index (χ3v) is 4.04. The summed E-state index contributed by atoms with van der Waals surface area (Å²) in [5.41, 5.74) is 1.13. The molecule has 0 aliphatic rings. The van der Waals surface area contributed by atoms with E-state index in [9.17, 15) is 9.59 Å². The van der Waals surface area contributed by atoms with Crippen molar-refractivity contribution in [1.29, 1.82) is 0 Å². The van der Waals surface area contributed by atoms with Crippen LogP contribution in [0.4, 0.5) is 0 Å². The molecule has 0 radical (unpaired) electrons. The van der Waals surface area contributed by atoms with Crippen LogP contribution in [0.15, 0.2) is 16.9 Å². The largest absolute Gasteiger partial charge is 0.477 e. The molecule has 0 saturated carbocycles. The number of hydrogen-bond acceptors (Lipinski definition) is 4. The molecule has 0 bridgehead atoms. The van der Waals surface area contributed by atoms with Gasteiger partial charge in [0.1, 0.15) is 15.5 Å². The van der Waals surface area contributed by atoms with E-state index >= 15 is 0 Å². The zero-order valence-corrected chi connectivity index (χ0v) is 11.8. The van der Waals surface area contributed by atoms with E-state index in [-0.39, 0.29) is 10.4 Å². The number of aryl methyl sites for hydroxylation is 2. The molecule has 0 fully saturated rings. The highest BCUT2D eigenvalue weighted by Crippen LogP contribution is 2.27. The van der Waals surface area contributed by atoms with Gasteiger partial charge in [-0.2, -0.15) is 0 Å². The van der Waals surface area contributed by atoms with Crippen LogP contribution in [-0.2, 0) is 6.54 Å². The predicted molar refractivity (Wildman–Crippen MR) is 75.1 cm³/mol. The van der Waals surface area contributed by atoms with Crippen LogP contribution in [0.1, 0.15) is 28.0 Å². The smallest absolute Gasteiger partial charge is 0.346 e. The summed E-state index contributed by atoms with van der Waals surface area (Å²) in [5, 5.41) is 9.50. The Bertz CT molecular complexity index is 755. The number of rotatable bonds is 3. The quantitative estimate of drug-likeness (QED) is 0.875. The molecule has 0 amide bonds. The molecular formula is C13H14N2O3S. The Morgan fingerprint density at radius 3 is 2.63 bits per heavy atom. The minimum absolute atomic E-state index is 0.173.